The van der Waals surface area contributed by atoms with E-state index in [1.54, 1.807) is 6.92 Å². The van der Waals surface area contributed by atoms with Gasteiger partial charge in [-0.05, 0) is 43.7 Å². The Balaban J connectivity index is 1.33. The second kappa shape index (κ2) is 12.0. The first-order valence-corrected chi connectivity index (χ1v) is 11.0. The Morgan fingerprint density at radius 3 is 2.09 bits per heavy atom. The van der Waals surface area contributed by atoms with Gasteiger partial charge in [0.15, 0.2) is 5.90 Å². The molecule has 0 radical (unpaired) electrons. The lowest BCUT2D eigenvalue weighted by molar-refractivity contribution is 0.0839. The van der Waals surface area contributed by atoms with Gasteiger partial charge < -0.3 is 19.5 Å². The van der Waals surface area contributed by atoms with Crippen LogP contribution in [0.2, 0.25) is 0 Å². The van der Waals surface area contributed by atoms with Crippen LogP contribution in [-0.2, 0) is 27.4 Å². The number of nitrogens with one attached hydrogen (secondary N) is 3. The molecule has 3 N–H and O–H groups in total. The van der Waals surface area contributed by atoms with E-state index < -0.39 is 12.2 Å². The third kappa shape index (κ3) is 7.50. The van der Waals surface area contributed by atoms with E-state index in [2.05, 4.69) is 5.32 Å². The van der Waals surface area contributed by atoms with Gasteiger partial charge in [0, 0.05) is 12.0 Å². The summed E-state index contributed by atoms with van der Waals surface area (Å²) in [6.45, 7) is 2.38. The van der Waals surface area contributed by atoms with Gasteiger partial charge in [0.05, 0.1) is 6.61 Å². The molecule has 32 heavy (non-hydrogen) atoms. The molecule has 1 fully saturated rings. The zero-order valence-corrected chi connectivity index (χ0v) is 18.4. The highest BCUT2D eigenvalue weighted by molar-refractivity contribution is 5.91. The van der Waals surface area contributed by atoms with E-state index in [0.717, 1.165) is 36.8 Å². The van der Waals surface area contributed by atoms with Crippen molar-refractivity contribution in [1.29, 1.82) is 10.8 Å². The van der Waals surface area contributed by atoms with Crippen molar-refractivity contribution >= 4 is 17.9 Å². The fraction of sp³-hybridized carbons (Fsp3) is 0.400. The molecule has 7 heteroatoms. The van der Waals surface area contributed by atoms with Crippen LogP contribution in [0.1, 0.15) is 43.7 Å². The Morgan fingerprint density at radius 1 is 0.938 bits per heavy atom. The van der Waals surface area contributed by atoms with Gasteiger partial charge in [0.25, 0.3) is 0 Å². The first-order chi connectivity index (χ1) is 15.5. The van der Waals surface area contributed by atoms with Gasteiger partial charge in [0.2, 0.25) is 5.90 Å². The summed E-state index contributed by atoms with van der Waals surface area (Å²) in [4.78, 5) is 12.0. The van der Waals surface area contributed by atoms with Crippen molar-refractivity contribution in [3.05, 3.63) is 71.8 Å². The molecule has 170 valence electrons. The van der Waals surface area contributed by atoms with Gasteiger partial charge in [-0.3, -0.25) is 10.8 Å². The predicted octanol–water partition coefficient (Wildman–Crippen LogP) is 5.05. The molecule has 2 aromatic carbocycles. The second-order valence-corrected chi connectivity index (χ2v) is 8.02. The number of benzene rings is 2. The predicted molar refractivity (Wildman–Crippen MR) is 123 cm³/mol. The molecular formula is C25H31N3O4. The lowest BCUT2D eigenvalue weighted by Crippen LogP contribution is -2.39. The standard InChI is InChI=1S/C25H31N3O4/c1-18(30-16-19-8-4-2-5-9-19)23(26)32-24(27)21-12-14-22(15-13-21)28-25(29)31-17-20-10-6-3-7-11-20/h2-11,18,21-22,26-27H,12-17H2,1H3,(H,28,29)/t18-,21?,22?/m1/s1. The first-order valence-electron chi connectivity index (χ1n) is 11.0. The number of carbonyl (C=O) groups excluding carboxylic acids is 1. The molecule has 1 aliphatic rings. The minimum absolute atomic E-state index is 0.0231. The molecule has 1 aliphatic carbocycles. The van der Waals surface area contributed by atoms with Crippen molar-refractivity contribution in [2.24, 2.45) is 5.92 Å². The topological polar surface area (TPSA) is 104 Å². The molecule has 0 spiro atoms. The number of hydrogen-bond donors (Lipinski definition) is 3. The Hall–Kier alpha value is -3.19. The summed E-state index contributed by atoms with van der Waals surface area (Å²) in [7, 11) is 0. The molecule has 1 atom stereocenters. The largest absolute Gasteiger partial charge is 0.445 e. The average Bonchev–Trinajstić information content (AvgIpc) is 2.83. The minimum Gasteiger partial charge on any atom is -0.445 e. The number of rotatable bonds is 8. The lowest BCUT2D eigenvalue weighted by atomic mass is 9.86. The summed E-state index contributed by atoms with van der Waals surface area (Å²) >= 11 is 0. The summed E-state index contributed by atoms with van der Waals surface area (Å²) in [5.41, 5.74) is 1.97. The van der Waals surface area contributed by atoms with E-state index in [4.69, 9.17) is 25.0 Å². The molecule has 1 saturated carbocycles. The van der Waals surface area contributed by atoms with Crippen molar-refractivity contribution in [3.8, 4) is 0 Å². The fourth-order valence-electron chi connectivity index (χ4n) is 3.59. The molecule has 0 aromatic heterocycles. The summed E-state index contributed by atoms with van der Waals surface area (Å²) in [6.07, 6.45) is 1.96. The number of alkyl carbamates (subject to hydrolysis) is 1. The highest BCUT2D eigenvalue weighted by Gasteiger charge is 2.28. The van der Waals surface area contributed by atoms with Gasteiger partial charge in [-0.2, -0.15) is 0 Å². The summed E-state index contributed by atoms with van der Waals surface area (Å²) in [5.74, 6) is -0.0269. The maximum atomic E-state index is 12.0. The van der Waals surface area contributed by atoms with Crippen molar-refractivity contribution in [1.82, 2.24) is 5.32 Å². The Kier molecular flexibility index (Phi) is 8.80. The molecule has 0 saturated heterocycles. The molecular weight excluding hydrogens is 406 g/mol. The highest BCUT2D eigenvalue weighted by atomic mass is 16.6. The summed E-state index contributed by atoms with van der Waals surface area (Å²) in [6, 6.07) is 19.3. The SMILES string of the molecule is C[C@@H](OCc1ccccc1)C(=N)OC(=N)C1CCC(NC(=O)OCc2ccccc2)CC1. The van der Waals surface area contributed by atoms with Crippen molar-refractivity contribution in [3.63, 3.8) is 0 Å². The van der Waals surface area contributed by atoms with Crippen molar-refractivity contribution in [2.75, 3.05) is 0 Å². The number of ether oxygens (including phenoxy) is 3. The second-order valence-electron chi connectivity index (χ2n) is 8.02. The zero-order valence-electron chi connectivity index (χ0n) is 18.4. The minimum atomic E-state index is -0.534. The Labute approximate surface area is 189 Å². The number of amides is 1. The molecule has 0 aliphatic heterocycles. The van der Waals surface area contributed by atoms with Crippen LogP contribution < -0.4 is 5.32 Å². The smallest absolute Gasteiger partial charge is 0.407 e. The fourth-order valence-corrected chi connectivity index (χ4v) is 3.59. The van der Waals surface area contributed by atoms with Crippen LogP contribution in [0.15, 0.2) is 60.7 Å². The van der Waals surface area contributed by atoms with E-state index >= 15 is 0 Å². The Morgan fingerprint density at radius 2 is 1.50 bits per heavy atom. The van der Waals surface area contributed by atoms with Crippen molar-refractivity contribution in [2.45, 2.75) is 58.0 Å². The van der Waals surface area contributed by atoms with E-state index in [-0.39, 0.29) is 30.4 Å². The van der Waals surface area contributed by atoms with Crippen LogP contribution in [0.4, 0.5) is 4.79 Å². The van der Waals surface area contributed by atoms with Gasteiger partial charge in [0.1, 0.15) is 12.7 Å². The monoisotopic (exact) mass is 437 g/mol. The molecule has 2 aromatic rings. The zero-order chi connectivity index (χ0) is 22.8. The molecule has 7 nitrogen and oxygen atoms in total. The maximum Gasteiger partial charge on any atom is 0.407 e. The lowest BCUT2D eigenvalue weighted by Gasteiger charge is -2.29. The number of hydrogen-bond acceptors (Lipinski definition) is 6. The molecule has 0 unspecified atom stereocenters. The van der Waals surface area contributed by atoms with Gasteiger partial charge in [-0.1, -0.05) is 60.7 Å². The van der Waals surface area contributed by atoms with E-state index in [1.165, 1.54) is 0 Å². The van der Waals surface area contributed by atoms with E-state index in [9.17, 15) is 4.79 Å². The van der Waals surface area contributed by atoms with Crippen LogP contribution in [0, 0.1) is 16.7 Å². The third-order valence-electron chi connectivity index (χ3n) is 5.56. The van der Waals surface area contributed by atoms with Gasteiger partial charge >= 0.3 is 6.09 Å². The Bertz CT molecular complexity index is 881. The molecule has 1 amide bonds. The third-order valence-corrected chi connectivity index (χ3v) is 5.56. The summed E-state index contributed by atoms with van der Waals surface area (Å²) in [5, 5.41) is 19.2. The summed E-state index contributed by atoms with van der Waals surface area (Å²) < 4.78 is 16.4. The molecule has 0 heterocycles. The first kappa shape index (κ1) is 23.5. The molecule has 0 bridgehead atoms. The highest BCUT2D eigenvalue weighted by Crippen LogP contribution is 2.26. The van der Waals surface area contributed by atoms with Gasteiger partial charge in [-0.15, -0.1) is 0 Å². The normalized spacial score (nSPS) is 18.9. The van der Waals surface area contributed by atoms with Crippen molar-refractivity contribution < 1.29 is 19.0 Å². The van der Waals surface area contributed by atoms with Crippen LogP contribution >= 0.6 is 0 Å². The number of carbonyl (C=O) groups is 1. The van der Waals surface area contributed by atoms with Crippen LogP contribution in [0.25, 0.3) is 0 Å². The van der Waals surface area contributed by atoms with Crippen LogP contribution in [-0.4, -0.2) is 30.0 Å². The maximum absolute atomic E-state index is 12.0. The van der Waals surface area contributed by atoms with Crippen LogP contribution in [0.3, 0.4) is 0 Å². The average molecular weight is 438 g/mol. The van der Waals surface area contributed by atoms with Gasteiger partial charge in [-0.25, -0.2) is 4.79 Å². The molecule has 3 rings (SSSR count). The van der Waals surface area contributed by atoms with Crippen LogP contribution in [0.5, 0.6) is 0 Å². The van der Waals surface area contributed by atoms with E-state index in [1.807, 2.05) is 60.7 Å². The van der Waals surface area contributed by atoms with E-state index in [0.29, 0.717) is 6.61 Å². The quantitative estimate of drug-likeness (QED) is 0.397.